The number of hydrogen-bond acceptors (Lipinski definition) is 2. The average molecular weight is 511 g/mol. The molecule has 1 aliphatic heterocycles. The molecule has 1 amide bonds. The third-order valence-corrected chi connectivity index (χ3v) is 5.73. The summed E-state index contributed by atoms with van der Waals surface area (Å²) in [5.41, 5.74) is 4.20. The Morgan fingerprint density at radius 1 is 0.931 bits per heavy atom. The first-order valence-corrected chi connectivity index (χ1v) is 10.6. The average Bonchev–Trinajstić information content (AvgIpc) is 3.05. The van der Waals surface area contributed by atoms with Gasteiger partial charge in [0.05, 0.1) is 23.0 Å². The van der Waals surface area contributed by atoms with Crippen LogP contribution in [0.25, 0.3) is 11.8 Å². The highest BCUT2D eigenvalue weighted by Gasteiger charge is 2.30. The maximum absolute atomic E-state index is 13.4. The second-order valence-electron chi connectivity index (χ2n) is 6.51. The van der Waals surface area contributed by atoms with Crippen LogP contribution < -0.4 is 9.64 Å². The molecule has 0 saturated heterocycles. The lowest BCUT2D eigenvalue weighted by Crippen LogP contribution is -2.24. The highest BCUT2D eigenvalue weighted by Crippen LogP contribution is 2.36. The number of hydrogen-bond donors (Lipinski definition) is 0. The highest BCUT2D eigenvalue weighted by molar-refractivity contribution is 9.10. The van der Waals surface area contributed by atoms with Crippen molar-refractivity contribution in [2.24, 2.45) is 0 Å². The van der Waals surface area contributed by atoms with Gasteiger partial charge in [0.1, 0.15) is 5.75 Å². The summed E-state index contributed by atoms with van der Waals surface area (Å²) in [6.07, 6.45) is 3.84. The minimum atomic E-state index is -0.0612. The van der Waals surface area contributed by atoms with Crippen LogP contribution in [0.2, 0.25) is 0 Å². The largest absolute Gasteiger partial charge is 0.496 e. The molecule has 29 heavy (non-hydrogen) atoms. The quantitative estimate of drug-likeness (QED) is 0.366. The van der Waals surface area contributed by atoms with Crippen molar-refractivity contribution in [3.63, 3.8) is 0 Å². The van der Waals surface area contributed by atoms with Gasteiger partial charge in [-0.25, -0.2) is 0 Å². The normalized spacial score (nSPS) is 15.0. The van der Waals surface area contributed by atoms with Gasteiger partial charge < -0.3 is 4.74 Å². The van der Waals surface area contributed by atoms with E-state index in [9.17, 15) is 4.79 Å². The first-order chi connectivity index (χ1) is 14.1. The van der Waals surface area contributed by atoms with E-state index in [4.69, 9.17) is 4.74 Å². The van der Waals surface area contributed by atoms with Gasteiger partial charge in [-0.15, -0.1) is 0 Å². The van der Waals surface area contributed by atoms with E-state index in [1.807, 2.05) is 84.9 Å². The number of carbonyl (C=O) groups is 1. The SMILES string of the molecule is COc1ccc(/C=C2\C=C(c3ccccc3)N(c3cccc(Br)c3)C2=O)cc1Br. The maximum Gasteiger partial charge on any atom is 0.262 e. The lowest BCUT2D eigenvalue weighted by Gasteiger charge is -2.21. The summed E-state index contributed by atoms with van der Waals surface area (Å²) in [6, 6.07) is 23.4. The van der Waals surface area contributed by atoms with Gasteiger partial charge in [-0.2, -0.15) is 0 Å². The molecule has 0 atom stereocenters. The zero-order valence-electron chi connectivity index (χ0n) is 15.6. The Hall–Kier alpha value is -2.63. The zero-order valence-corrected chi connectivity index (χ0v) is 18.8. The van der Waals surface area contributed by atoms with Crippen LogP contribution in [0.1, 0.15) is 11.1 Å². The van der Waals surface area contributed by atoms with Crippen LogP contribution in [0.4, 0.5) is 5.69 Å². The van der Waals surface area contributed by atoms with Crippen LogP contribution in [0, 0.1) is 0 Å². The van der Waals surface area contributed by atoms with Crippen molar-refractivity contribution in [2.45, 2.75) is 0 Å². The number of nitrogens with zero attached hydrogens (tertiary/aromatic N) is 1. The number of anilines is 1. The summed E-state index contributed by atoms with van der Waals surface area (Å²) >= 11 is 7.01. The molecule has 0 fully saturated rings. The fraction of sp³-hybridized carbons (Fsp3) is 0.0417. The maximum atomic E-state index is 13.4. The molecule has 0 N–H and O–H groups in total. The van der Waals surface area contributed by atoms with Gasteiger partial charge in [0, 0.05) is 10.0 Å². The van der Waals surface area contributed by atoms with Crippen molar-refractivity contribution in [2.75, 3.05) is 12.0 Å². The molecule has 3 aromatic carbocycles. The number of carbonyl (C=O) groups excluding carboxylic acids is 1. The van der Waals surface area contributed by atoms with E-state index in [2.05, 4.69) is 31.9 Å². The van der Waals surface area contributed by atoms with Gasteiger partial charge in [-0.3, -0.25) is 9.69 Å². The molecule has 0 aliphatic carbocycles. The number of halogens is 2. The van der Waals surface area contributed by atoms with Crippen LogP contribution >= 0.6 is 31.9 Å². The van der Waals surface area contributed by atoms with Gasteiger partial charge in [0.15, 0.2) is 0 Å². The molecule has 5 heteroatoms. The molecule has 3 nitrogen and oxygen atoms in total. The standard InChI is InChI=1S/C24H17Br2NO2/c1-29-23-11-10-16(13-21(23)26)12-18-14-22(17-6-3-2-4-7-17)27(24(18)28)20-9-5-8-19(25)15-20/h2-15H,1H3/b18-12+. The van der Waals surface area contributed by atoms with Crippen molar-refractivity contribution >= 4 is 55.2 Å². The number of rotatable bonds is 4. The van der Waals surface area contributed by atoms with E-state index in [-0.39, 0.29) is 5.91 Å². The lowest BCUT2D eigenvalue weighted by molar-refractivity contribution is -0.113. The van der Waals surface area contributed by atoms with Crippen molar-refractivity contribution in [3.8, 4) is 5.75 Å². The number of methoxy groups -OCH3 is 1. The molecule has 0 saturated carbocycles. The summed E-state index contributed by atoms with van der Waals surface area (Å²) in [4.78, 5) is 15.1. The molecular formula is C24H17Br2NO2. The second kappa shape index (κ2) is 8.39. The van der Waals surface area contributed by atoms with Crippen LogP contribution in [0.3, 0.4) is 0 Å². The zero-order chi connectivity index (χ0) is 20.4. The number of amides is 1. The van der Waals surface area contributed by atoms with Crippen LogP contribution in [-0.2, 0) is 4.79 Å². The first-order valence-electron chi connectivity index (χ1n) is 8.99. The van der Waals surface area contributed by atoms with Crippen LogP contribution in [0.5, 0.6) is 5.75 Å². The fourth-order valence-electron chi connectivity index (χ4n) is 3.26. The Bertz CT molecular complexity index is 1140. The Morgan fingerprint density at radius 3 is 2.41 bits per heavy atom. The predicted molar refractivity (Wildman–Crippen MR) is 125 cm³/mol. The van der Waals surface area contributed by atoms with Gasteiger partial charge in [-0.1, -0.05) is 58.4 Å². The van der Waals surface area contributed by atoms with E-state index in [1.165, 1.54) is 0 Å². The third-order valence-electron chi connectivity index (χ3n) is 4.62. The topological polar surface area (TPSA) is 29.5 Å². The molecule has 144 valence electrons. The molecule has 0 radical (unpaired) electrons. The highest BCUT2D eigenvalue weighted by atomic mass is 79.9. The molecule has 1 aliphatic rings. The molecule has 3 aromatic rings. The van der Waals surface area contributed by atoms with Crippen LogP contribution in [0.15, 0.2) is 93.4 Å². The first kappa shape index (κ1) is 19.7. The molecule has 0 aromatic heterocycles. The van der Waals surface area contributed by atoms with Gasteiger partial charge in [-0.05, 0) is 69.5 Å². The number of ether oxygens (including phenoxy) is 1. The minimum absolute atomic E-state index is 0.0612. The van der Waals surface area contributed by atoms with Gasteiger partial charge in [0.2, 0.25) is 0 Å². The predicted octanol–water partition coefficient (Wildman–Crippen LogP) is 6.69. The van der Waals surface area contributed by atoms with E-state index in [0.29, 0.717) is 5.57 Å². The van der Waals surface area contributed by atoms with Gasteiger partial charge in [0.25, 0.3) is 5.91 Å². The van der Waals surface area contributed by atoms with Crippen molar-refractivity contribution < 1.29 is 9.53 Å². The van der Waals surface area contributed by atoms with E-state index in [1.54, 1.807) is 12.0 Å². The Balaban J connectivity index is 1.81. The summed E-state index contributed by atoms with van der Waals surface area (Å²) in [5, 5.41) is 0. The molecular weight excluding hydrogens is 494 g/mol. The minimum Gasteiger partial charge on any atom is -0.496 e. The molecule has 1 heterocycles. The van der Waals surface area contributed by atoms with Crippen LogP contribution in [-0.4, -0.2) is 13.0 Å². The smallest absolute Gasteiger partial charge is 0.262 e. The fourth-order valence-corrected chi connectivity index (χ4v) is 4.21. The Labute approximate surface area is 186 Å². The Kier molecular flexibility index (Phi) is 5.69. The summed E-state index contributed by atoms with van der Waals surface area (Å²) in [7, 11) is 1.63. The second-order valence-corrected chi connectivity index (χ2v) is 8.28. The summed E-state index contributed by atoms with van der Waals surface area (Å²) in [5.74, 6) is 0.690. The molecule has 0 unspecified atom stereocenters. The van der Waals surface area contributed by atoms with Crippen molar-refractivity contribution in [1.29, 1.82) is 0 Å². The molecule has 0 spiro atoms. The van der Waals surface area contributed by atoms with Crippen molar-refractivity contribution in [1.82, 2.24) is 0 Å². The summed E-state index contributed by atoms with van der Waals surface area (Å²) < 4.78 is 7.06. The molecule has 4 rings (SSSR count). The Morgan fingerprint density at radius 2 is 1.72 bits per heavy atom. The van der Waals surface area contributed by atoms with E-state index >= 15 is 0 Å². The molecule has 0 bridgehead atoms. The van der Waals surface area contributed by atoms with E-state index < -0.39 is 0 Å². The third kappa shape index (κ3) is 4.07. The number of benzene rings is 3. The monoisotopic (exact) mass is 509 g/mol. The van der Waals surface area contributed by atoms with Crippen molar-refractivity contribution in [3.05, 3.63) is 105 Å². The van der Waals surface area contributed by atoms with E-state index in [0.717, 1.165) is 37.2 Å². The van der Waals surface area contributed by atoms with Gasteiger partial charge >= 0.3 is 0 Å². The summed E-state index contributed by atoms with van der Waals surface area (Å²) in [6.45, 7) is 0. The lowest BCUT2D eigenvalue weighted by atomic mass is 10.1.